The van der Waals surface area contributed by atoms with E-state index in [2.05, 4.69) is 5.32 Å². The summed E-state index contributed by atoms with van der Waals surface area (Å²) in [6.07, 6.45) is -0.103. The molecule has 2 amide bonds. The Morgan fingerprint density at radius 3 is 2.27 bits per heavy atom. The number of urea groups is 1. The fraction of sp³-hybridized carbons (Fsp3) is 0.333. The van der Waals surface area contributed by atoms with Crippen molar-refractivity contribution in [2.24, 2.45) is 0 Å². The molecule has 0 bridgehead atoms. The molecule has 0 aliphatic rings. The third kappa shape index (κ3) is 10.7. The largest absolute Gasteiger partial charge is 0.495 e. The molecular weight excluding hydrogens is 571 g/mol. The highest BCUT2D eigenvalue weighted by Gasteiger charge is 2.18. The maximum atomic E-state index is 13.2. The second-order valence-corrected chi connectivity index (χ2v) is 9.78. The minimum Gasteiger partial charge on any atom is -0.495 e. The molecular formula is C30H34Cl2N2O7. The average Bonchev–Trinajstić information content (AvgIpc) is 2.94. The van der Waals surface area contributed by atoms with Crippen LogP contribution in [-0.2, 0) is 16.0 Å². The van der Waals surface area contributed by atoms with E-state index in [0.29, 0.717) is 65.7 Å². The number of carbonyl (C=O) groups excluding carboxylic acids is 1. The molecule has 0 radical (unpaired) electrons. The van der Waals surface area contributed by atoms with Crippen LogP contribution in [-0.4, -0.2) is 68.1 Å². The lowest BCUT2D eigenvalue weighted by atomic mass is 10.1. The van der Waals surface area contributed by atoms with E-state index >= 15 is 0 Å². The van der Waals surface area contributed by atoms with Gasteiger partial charge in [-0.05, 0) is 61.4 Å². The molecule has 3 rings (SSSR count). The Hall–Kier alpha value is -3.66. The van der Waals surface area contributed by atoms with Crippen molar-refractivity contribution in [1.82, 2.24) is 4.90 Å². The topological polar surface area (TPSA) is 107 Å². The Morgan fingerprint density at radius 1 is 0.927 bits per heavy atom. The Balaban J connectivity index is 1.58. The van der Waals surface area contributed by atoms with Crippen LogP contribution >= 0.6 is 23.2 Å². The number of carboxylic acid groups (broad SMARTS) is 1. The van der Waals surface area contributed by atoms with Crippen molar-refractivity contribution < 1.29 is 33.6 Å². The first kappa shape index (κ1) is 31.9. The molecule has 11 heteroatoms. The standard InChI is InChI=1S/C30H34Cl2N2O7/c1-3-39-28(29(35)36)17-21-9-11-24(12-10-21)41-16-14-34(30(37)33-26-7-4-5-8-27(26)38-2)13-6-15-40-25-19-22(31)18-23(32)20-25/h4-5,7-12,18-20,28H,3,6,13-17H2,1-2H3,(H,33,37)(H,35,36). The van der Waals surface area contributed by atoms with Gasteiger partial charge < -0.3 is 34.3 Å². The van der Waals surface area contributed by atoms with Gasteiger partial charge in [-0.1, -0.05) is 47.5 Å². The number of anilines is 1. The third-order valence-electron chi connectivity index (χ3n) is 5.93. The molecule has 2 N–H and O–H groups in total. The van der Waals surface area contributed by atoms with Crippen LogP contribution in [0.25, 0.3) is 0 Å². The molecule has 0 saturated heterocycles. The van der Waals surface area contributed by atoms with Gasteiger partial charge in [-0.15, -0.1) is 0 Å². The van der Waals surface area contributed by atoms with Gasteiger partial charge >= 0.3 is 12.0 Å². The summed E-state index contributed by atoms with van der Waals surface area (Å²) in [5.41, 5.74) is 1.37. The zero-order valence-corrected chi connectivity index (χ0v) is 24.5. The quantitative estimate of drug-likeness (QED) is 0.182. The van der Waals surface area contributed by atoms with E-state index in [0.717, 1.165) is 5.56 Å². The molecule has 0 heterocycles. The van der Waals surface area contributed by atoms with Gasteiger partial charge in [0, 0.05) is 29.6 Å². The van der Waals surface area contributed by atoms with E-state index in [1.54, 1.807) is 73.5 Å². The molecule has 0 aliphatic heterocycles. The van der Waals surface area contributed by atoms with Crippen LogP contribution in [0, 0.1) is 0 Å². The monoisotopic (exact) mass is 604 g/mol. The number of halogens is 2. The first-order chi connectivity index (χ1) is 19.8. The van der Waals surface area contributed by atoms with E-state index in [9.17, 15) is 14.7 Å². The predicted octanol–water partition coefficient (Wildman–Crippen LogP) is 6.42. The predicted molar refractivity (Wildman–Crippen MR) is 159 cm³/mol. The van der Waals surface area contributed by atoms with Crippen LogP contribution in [0.4, 0.5) is 10.5 Å². The summed E-state index contributed by atoms with van der Waals surface area (Å²) in [5, 5.41) is 13.2. The molecule has 0 fully saturated rings. The van der Waals surface area contributed by atoms with Crippen LogP contribution < -0.4 is 19.5 Å². The summed E-state index contributed by atoms with van der Waals surface area (Å²) in [6, 6.07) is 19.0. The maximum Gasteiger partial charge on any atom is 0.333 e. The number of rotatable bonds is 16. The number of hydrogen-bond donors (Lipinski definition) is 2. The number of nitrogens with zero attached hydrogens (tertiary/aromatic N) is 1. The van der Waals surface area contributed by atoms with Crippen molar-refractivity contribution in [3.05, 3.63) is 82.3 Å². The smallest absolute Gasteiger partial charge is 0.333 e. The number of benzene rings is 3. The fourth-order valence-electron chi connectivity index (χ4n) is 3.94. The Labute approximate surface area is 249 Å². The van der Waals surface area contributed by atoms with Gasteiger partial charge in [-0.25, -0.2) is 9.59 Å². The number of para-hydroxylation sites is 2. The fourth-order valence-corrected chi connectivity index (χ4v) is 4.45. The van der Waals surface area contributed by atoms with Gasteiger partial charge in [0.05, 0.1) is 25.9 Å². The minimum atomic E-state index is -1.000. The summed E-state index contributed by atoms with van der Waals surface area (Å²) in [4.78, 5) is 26.2. The molecule has 3 aromatic rings. The SMILES string of the molecule is CCOC(Cc1ccc(OCCN(CCCOc2cc(Cl)cc(Cl)c2)C(=O)Nc2ccccc2OC)cc1)C(=O)O. The van der Waals surface area contributed by atoms with E-state index in [4.69, 9.17) is 42.1 Å². The van der Waals surface area contributed by atoms with Gasteiger partial charge in [0.1, 0.15) is 23.9 Å². The first-order valence-corrected chi connectivity index (χ1v) is 13.9. The number of amides is 2. The average molecular weight is 606 g/mol. The van der Waals surface area contributed by atoms with Crippen molar-refractivity contribution in [2.75, 3.05) is 45.3 Å². The van der Waals surface area contributed by atoms with Crippen molar-refractivity contribution >= 4 is 40.9 Å². The molecule has 0 saturated carbocycles. The molecule has 0 aliphatic carbocycles. The summed E-state index contributed by atoms with van der Waals surface area (Å²) in [5.74, 6) is 0.701. The van der Waals surface area contributed by atoms with Gasteiger partial charge in [-0.3, -0.25) is 0 Å². The van der Waals surface area contributed by atoms with Crippen molar-refractivity contribution in [2.45, 2.75) is 25.9 Å². The number of ether oxygens (including phenoxy) is 4. The van der Waals surface area contributed by atoms with E-state index in [1.807, 2.05) is 12.1 Å². The zero-order valence-electron chi connectivity index (χ0n) is 23.0. The summed E-state index contributed by atoms with van der Waals surface area (Å²) < 4.78 is 22.3. The van der Waals surface area contributed by atoms with Gasteiger partial charge in [0.2, 0.25) is 0 Å². The van der Waals surface area contributed by atoms with Crippen molar-refractivity contribution in [3.63, 3.8) is 0 Å². The first-order valence-electron chi connectivity index (χ1n) is 13.1. The lowest BCUT2D eigenvalue weighted by molar-refractivity contribution is -0.149. The van der Waals surface area contributed by atoms with Crippen molar-refractivity contribution in [3.8, 4) is 17.2 Å². The number of methoxy groups -OCH3 is 1. The molecule has 0 spiro atoms. The number of aliphatic carboxylic acids is 1. The van der Waals surface area contributed by atoms with Crippen LogP contribution in [0.1, 0.15) is 18.9 Å². The number of carbonyl (C=O) groups is 2. The summed E-state index contributed by atoms with van der Waals surface area (Å²) >= 11 is 12.1. The molecule has 220 valence electrons. The summed E-state index contributed by atoms with van der Waals surface area (Å²) in [7, 11) is 1.54. The number of nitrogens with one attached hydrogen (secondary N) is 1. The highest BCUT2D eigenvalue weighted by atomic mass is 35.5. The second kappa shape index (κ2) is 16.6. The highest BCUT2D eigenvalue weighted by Crippen LogP contribution is 2.25. The lowest BCUT2D eigenvalue weighted by Gasteiger charge is -2.24. The normalized spacial score (nSPS) is 11.4. The number of hydrogen-bond acceptors (Lipinski definition) is 6. The summed E-state index contributed by atoms with van der Waals surface area (Å²) in [6.45, 7) is 3.36. The Morgan fingerprint density at radius 2 is 1.61 bits per heavy atom. The molecule has 41 heavy (non-hydrogen) atoms. The highest BCUT2D eigenvalue weighted by molar-refractivity contribution is 6.34. The molecule has 9 nitrogen and oxygen atoms in total. The van der Waals surface area contributed by atoms with Gasteiger partial charge in [-0.2, -0.15) is 0 Å². The molecule has 1 atom stereocenters. The van der Waals surface area contributed by atoms with Gasteiger partial charge in [0.25, 0.3) is 0 Å². The zero-order chi connectivity index (χ0) is 29.6. The van der Waals surface area contributed by atoms with E-state index < -0.39 is 12.1 Å². The Kier molecular flexibility index (Phi) is 12.9. The van der Waals surface area contributed by atoms with E-state index in [-0.39, 0.29) is 19.1 Å². The molecule has 0 aromatic heterocycles. The van der Waals surface area contributed by atoms with Crippen molar-refractivity contribution in [1.29, 1.82) is 0 Å². The molecule has 1 unspecified atom stereocenters. The van der Waals surface area contributed by atoms with Crippen LogP contribution in [0.5, 0.6) is 17.2 Å². The second-order valence-electron chi connectivity index (χ2n) is 8.90. The Bertz CT molecular complexity index is 1250. The number of carboxylic acids is 1. The minimum absolute atomic E-state index is 0.236. The van der Waals surface area contributed by atoms with E-state index in [1.165, 1.54) is 0 Å². The van der Waals surface area contributed by atoms with Crippen LogP contribution in [0.2, 0.25) is 10.0 Å². The van der Waals surface area contributed by atoms with Crippen LogP contribution in [0.3, 0.4) is 0 Å². The maximum absolute atomic E-state index is 13.2. The van der Waals surface area contributed by atoms with Crippen LogP contribution in [0.15, 0.2) is 66.7 Å². The lowest BCUT2D eigenvalue weighted by Crippen LogP contribution is -2.39. The third-order valence-corrected chi connectivity index (χ3v) is 6.37. The van der Waals surface area contributed by atoms with Gasteiger partial charge in [0.15, 0.2) is 6.10 Å². The molecule has 3 aromatic carbocycles.